The van der Waals surface area contributed by atoms with Gasteiger partial charge in [-0.3, -0.25) is 0 Å². The van der Waals surface area contributed by atoms with Gasteiger partial charge in [-0.05, 0) is 26.3 Å². The van der Waals surface area contributed by atoms with Crippen molar-refractivity contribution < 1.29 is 10.2 Å². The Balaban J connectivity index is 2.75. The summed E-state index contributed by atoms with van der Waals surface area (Å²) in [5.74, 6) is 0.309. The van der Waals surface area contributed by atoms with Crippen LogP contribution in [0.4, 0.5) is 0 Å². The maximum atomic E-state index is 10.2. The predicted molar refractivity (Wildman–Crippen MR) is 76.7 cm³/mol. The van der Waals surface area contributed by atoms with Crippen molar-refractivity contribution in [2.75, 3.05) is 0 Å². The van der Waals surface area contributed by atoms with Gasteiger partial charge in [0, 0.05) is 16.7 Å². The van der Waals surface area contributed by atoms with Crippen molar-refractivity contribution in [2.45, 2.75) is 25.7 Å². The van der Waals surface area contributed by atoms with Crippen LogP contribution in [0.2, 0.25) is 0 Å². The zero-order valence-corrected chi connectivity index (χ0v) is 11.5. The summed E-state index contributed by atoms with van der Waals surface area (Å²) in [6, 6.07) is 7.84. The molecule has 0 aromatic heterocycles. The molecule has 0 saturated carbocycles. The number of thiol groups is 1. The first-order chi connectivity index (χ1) is 8.43. The highest BCUT2D eigenvalue weighted by Gasteiger charge is 2.17. The summed E-state index contributed by atoms with van der Waals surface area (Å²) in [4.78, 5) is 0.431. The van der Waals surface area contributed by atoms with Crippen molar-refractivity contribution in [1.29, 1.82) is 0 Å². The lowest BCUT2D eigenvalue weighted by atomic mass is 9.95. The molecule has 0 spiro atoms. The summed E-state index contributed by atoms with van der Waals surface area (Å²) < 4.78 is 0. The Morgan fingerprint density at radius 1 is 0.833 bits per heavy atom. The van der Waals surface area contributed by atoms with E-state index >= 15 is 0 Å². The molecule has 94 valence electrons. The molecule has 2 nitrogen and oxygen atoms in total. The molecule has 0 radical (unpaired) electrons. The third kappa shape index (κ3) is 1.95. The Bertz CT molecular complexity index is 572. The largest absolute Gasteiger partial charge is 0.507 e. The first-order valence-corrected chi connectivity index (χ1v) is 6.19. The number of aryl methyl sites for hydroxylation is 1. The molecule has 0 amide bonds. The molecule has 2 aromatic rings. The fourth-order valence-corrected chi connectivity index (χ4v) is 2.30. The van der Waals surface area contributed by atoms with E-state index in [1.165, 1.54) is 0 Å². The highest BCUT2D eigenvalue weighted by molar-refractivity contribution is 7.80. The minimum absolute atomic E-state index is 0.129. The van der Waals surface area contributed by atoms with E-state index in [-0.39, 0.29) is 11.5 Å². The third-order valence-electron chi connectivity index (χ3n) is 3.24. The number of benzene rings is 2. The van der Waals surface area contributed by atoms with Crippen molar-refractivity contribution >= 4 is 12.6 Å². The van der Waals surface area contributed by atoms with Gasteiger partial charge < -0.3 is 10.2 Å². The number of phenols is 2. The van der Waals surface area contributed by atoms with Crippen LogP contribution in [-0.2, 0) is 0 Å². The lowest BCUT2D eigenvalue weighted by Crippen LogP contribution is -1.91. The Hall–Kier alpha value is -1.61. The average Bonchev–Trinajstić information content (AvgIpc) is 2.36. The van der Waals surface area contributed by atoms with Gasteiger partial charge in [0.25, 0.3) is 0 Å². The smallest absolute Gasteiger partial charge is 0.132 e. The van der Waals surface area contributed by atoms with Gasteiger partial charge in [-0.2, -0.15) is 0 Å². The fourth-order valence-electron chi connectivity index (χ4n) is 2.02. The Morgan fingerprint density at radius 2 is 1.39 bits per heavy atom. The minimum Gasteiger partial charge on any atom is -0.507 e. The molecule has 18 heavy (non-hydrogen) atoms. The van der Waals surface area contributed by atoms with E-state index in [4.69, 9.17) is 0 Å². The van der Waals surface area contributed by atoms with E-state index in [0.717, 1.165) is 11.1 Å². The van der Waals surface area contributed by atoms with Crippen LogP contribution in [0.25, 0.3) is 11.1 Å². The van der Waals surface area contributed by atoms with E-state index in [1.54, 1.807) is 13.8 Å². The lowest BCUT2D eigenvalue weighted by molar-refractivity contribution is 0.443. The van der Waals surface area contributed by atoms with Crippen molar-refractivity contribution in [3.8, 4) is 22.6 Å². The van der Waals surface area contributed by atoms with Crippen LogP contribution in [0.3, 0.4) is 0 Å². The topological polar surface area (TPSA) is 40.5 Å². The molecule has 0 unspecified atom stereocenters. The maximum Gasteiger partial charge on any atom is 0.132 e. The zero-order chi connectivity index (χ0) is 13.4. The zero-order valence-electron chi connectivity index (χ0n) is 10.7. The average molecular weight is 260 g/mol. The molecular formula is C15H16O2S. The molecule has 0 bridgehead atoms. The van der Waals surface area contributed by atoms with Crippen molar-refractivity contribution in [1.82, 2.24) is 0 Å². The minimum atomic E-state index is 0.129. The number of hydrogen-bond acceptors (Lipinski definition) is 3. The van der Waals surface area contributed by atoms with E-state index in [0.29, 0.717) is 21.6 Å². The quantitative estimate of drug-likeness (QED) is 0.536. The van der Waals surface area contributed by atoms with Crippen molar-refractivity contribution in [3.63, 3.8) is 0 Å². The highest BCUT2D eigenvalue weighted by Crippen LogP contribution is 2.44. The molecule has 0 heterocycles. The van der Waals surface area contributed by atoms with Crippen LogP contribution in [0.15, 0.2) is 29.2 Å². The van der Waals surface area contributed by atoms with E-state index in [2.05, 4.69) is 12.6 Å². The number of aromatic hydroxyl groups is 2. The van der Waals surface area contributed by atoms with Crippen molar-refractivity contribution in [2.24, 2.45) is 0 Å². The summed E-state index contributed by atoms with van der Waals surface area (Å²) in [6.45, 7) is 5.54. The number of rotatable bonds is 1. The second-order valence-electron chi connectivity index (χ2n) is 4.54. The molecule has 3 heteroatoms. The third-order valence-corrected chi connectivity index (χ3v) is 3.79. The SMILES string of the molecule is Cc1ccc(-c2c(C)c(O)c(S)c(C)c2O)cc1. The molecule has 0 saturated heterocycles. The second kappa shape index (κ2) is 4.58. The summed E-state index contributed by atoms with van der Waals surface area (Å²) in [5, 5.41) is 20.3. The first-order valence-electron chi connectivity index (χ1n) is 5.74. The molecule has 0 fully saturated rings. The molecule has 0 atom stereocenters. The van der Waals surface area contributed by atoms with Gasteiger partial charge in [0.15, 0.2) is 0 Å². The van der Waals surface area contributed by atoms with Crippen LogP contribution in [0.1, 0.15) is 16.7 Å². The van der Waals surface area contributed by atoms with E-state index in [1.807, 2.05) is 31.2 Å². The number of hydrogen-bond donors (Lipinski definition) is 3. The molecule has 2 aromatic carbocycles. The molecular weight excluding hydrogens is 244 g/mol. The van der Waals surface area contributed by atoms with Gasteiger partial charge in [0.05, 0.1) is 4.90 Å². The van der Waals surface area contributed by atoms with Gasteiger partial charge in [0.1, 0.15) is 11.5 Å². The highest BCUT2D eigenvalue weighted by atomic mass is 32.1. The molecule has 2 N–H and O–H groups in total. The molecule has 2 rings (SSSR count). The number of phenolic OH excluding ortho intramolecular Hbond substituents is 2. The first kappa shape index (κ1) is 12.8. The molecule has 0 aliphatic rings. The van der Waals surface area contributed by atoms with E-state index in [9.17, 15) is 10.2 Å². The van der Waals surface area contributed by atoms with Crippen LogP contribution in [-0.4, -0.2) is 10.2 Å². The van der Waals surface area contributed by atoms with Crippen LogP contribution < -0.4 is 0 Å². The molecule has 0 aliphatic carbocycles. The van der Waals surface area contributed by atoms with Gasteiger partial charge in [0.2, 0.25) is 0 Å². The summed E-state index contributed by atoms with van der Waals surface area (Å²) >= 11 is 4.22. The fraction of sp³-hybridized carbons (Fsp3) is 0.200. The molecule has 0 aliphatic heterocycles. The van der Waals surface area contributed by atoms with Gasteiger partial charge in [-0.15, -0.1) is 12.6 Å². The van der Waals surface area contributed by atoms with Gasteiger partial charge in [-0.1, -0.05) is 29.8 Å². The van der Waals surface area contributed by atoms with Gasteiger partial charge >= 0.3 is 0 Å². The Labute approximate surface area is 112 Å². The van der Waals surface area contributed by atoms with E-state index < -0.39 is 0 Å². The standard InChI is InChI=1S/C15H16O2S/c1-8-4-6-11(7-5-8)12-9(2)14(17)15(18)10(3)13(12)16/h4-7,16-18H,1-3H3. The lowest BCUT2D eigenvalue weighted by Gasteiger charge is -2.15. The maximum absolute atomic E-state index is 10.2. The summed E-state index contributed by atoms with van der Waals surface area (Å²) in [6.07, 6.45) is 0. The monoisotopic (exact) mass is 260 g/mol. The van der Waals surface area contributed by atoms with Gasteiger partial charge in [-0.25, -0.2) is 0 Å². The Morgan fingerprint density at radius 3 is 1.94 bits per heavy atom. The van der Waals surface area contributed by atoms with Crippen LogP contribution in [0, 0.1) is 20.8 Å². The Kier molecular flexibility index (Phi) is 3.26. The summed E-state index contributed by atoms with van der Waals surface area (Å²) in [7, 11) is 0. The summed E-state index contributed by atoms with van der Waals surface area (Å²) in [5.41, 5.74) is 3.96. The normalized spacial score (nSPS) is 10.7. The van der Waals surface area contributed by atoms with Crippen LogP contribution >= 0.6 is 12.6 Å². The van der Waals surface area contributed by atoms with Crippen molar-refractivity contribution in [3.05, 3.63) is 41.0 Å². The predicted octanol–water partition coefficient (Wildman–Crippen LogP) is 3.98. The van der Waals surface area contributed by atoms with Crippen LogP contribution in [0.5, 0.6) is 11.5 Å². The second-order valence-corrected chi connectivity index (χ2v) is 4.98.